The van der Waals surface area contributed by atoms with E-state index in [1.165, 1.54) is 17.4 Å². The van der Waals surface area contributed by atoms with Gasteiger partial charge in [-0.1, -0.05) is 29.3 Å². The van der Waals surface area contributed by atoms with Crippen LogP contribution in [-0.4, -0.2) is 16.9 Å². The number of halogens is 2. The first-order valence-corrected chi connectivity index (χ1v) is 9.49. The van der Waals surface area contributed by atoms with Crippen molar-refractivity contribution in [2.75, 3.05) is 0 Å². The van der Waals surface area contributed by atoms with E-state index in [0.717, 1.165) is 0 Å². The predicted octanol–water partition coefficient (Wildman–Crippen LogP) is 4.26. The number of carbonyl (C=O) groups excluding carboxylic acids is 2. The van der Waals surface area contributed by atoms with Gasteiger partial charge in [0, 0.05) is 10.6 Å². The van der Waals surface area contributed by atoms with E-state index in [2.05, 4.69) is 16.2 Å². The van der Waals surface area contributed by atoms with E-state index in [1.54, 1.807) is 41.8 Å². The number of furan rings is 1. The Balaban J connectivity index is 1.60. The molecule has 0 aliphatic rings. The van der Waals surface area contributed by atoms with Crippen LogP contribution in [-0.2, 0) is 0 Å². The molecule has 3 rings (SSSR count). The Kier molecular flexibility index (Phi) is 6.12. The minimum atomic E-state index is -0.581. The minimum Gasteiger partial charge on any atom is -0.451 e. The molecular weight excluding hydrogens is 429 g/mol. The van der Waals surface area contributed by atoms with Gasteiger partial charge in [0.25, 0.3) is 11.8 Å². The molecule has 2 heterocycles. The first-order chi connectivity index (χ1) is 12.9. The summed E-state index contributed by atoms with van der Waals surface area (Å²) in [4.78, 5) is 24.5. The fraction of sp³-hybridized carbons (Fsp3) is 0. The first kappa shape index (κ1) is 19.4. The molecule has 1 aromatic carbocycles. The molecule has 3 aromatic rings. The second kappa shape index (κ2) is 8.53. The zero-order valence-electron chi connectivity index (χ0n) is 13.4. The van der Waals surface area contributed by atoms with Crippen molar-refractivity contribution in [3.8, 4) is 11.3 Å². The quantitative estimate of drug-likeness (QED) is 0.419. The fourth-order valence-electron chi connectivity index (χ4n) is 2.07. The summed E-state index contributed by atoms with van der Waals surface area (Å²) in [5.74, 6) is -0.535. The minimum absolute atomic E-state index is 0.0229. The van der Waals surface area contributed by atoms with Crippen molar-refractivity contribution in [2.24, 2.45) is 0 Å². The summed E-state index contributed by atoms with van der Waals surface area (Å²) < 4.78 is 5.52. The second-order valence-electron chi connectivity index (χ2n) is 5.13. The van der Waals surface area contributed by atoms with Crippen LogP contribution in [0.15, 0.2) is 52.3 Å². The third-order valence-electron chi connectivity index (χ3n) is 3.29. The van der Waals surface area contributed by atoms with Crippen molar-refractivity contribution in [2.45, 2.75) is 0 Å². The van der Waals surface area contributed by atoms with Gasteiger partial charge in [-0.2, -0.15) is 0 Å². The van der Waals surface area contributed by atoms with Gasteiger partial charge in [0.05, 0.1) is 9.90 Å². The van der Waals surface area contributed by atoms with Crippen LogP contribution in [0.25, 0.3) is 11.3 Å². The molecule has 2 amide bonds. The van der Waals surface area contributed by atoms with E-state index < -0.39 is 5.91 Å². The summed E-state index contributed by atoms with van der Waals surface area (Å²) in [5.41, 5.74) is 5.40. The van der Waals surface area contributed by atoms with Crippen LogP contribution < -0.4 is 16.2 Å². The van der Waals surface area contributed by atoms with Gasteiger partial charge in [-0.15, -0.1) is 11.3 Å². The molecule has 0 spiro atoms. The smallest absolute Gasteiger partial charge is 0.293 e. The summed E-state index contributed by atoms with van der Waals surface area (Å²) in [5, 5.41) is 5.03. The lowest BCUT2D eigenvalue weighted by Crippen LogP contribution is -2.48. The van der Waals surface area contributed by atoms with Crippen LogP contribution >= 0.6 is 46.8 Å². The molecule has 6 nitrogen and oxygen atoms in total. The van der Waals surface area contributed by atoms with E-state index in [4.69, 9.17) is 39.8 Å². The lowest BCUT2D eigenvalue weighted by atomic mass is 10.2. The van der Waals surface area contributed by atoms with Crippen LogP contribution in [0.4, 0.5) is 0 Å². The van der Waals surface area contributed by atoms with Gasteiger partial charge >= 0.3 is 0 Å². The predicted molar refractivity (Wildman–Crippen MR) is 109 cm³/mol. The molecule has 0 radical (unpaired) electrons. The number of thiocarbonyl (C=S) groups is 1. The lowest BCUT2D eigenvalue weighted by molar-refractivity contribution is 0.0929. The Labute approximate surface area is 173 Å². The Hall–Kier alpha value is -2.39. The van der Waals surface area contributed by atoms with Gasteiger partial charge < -0.3 is 4.42 Å². The number of hydrogen-bond acceptors (Lipinski definition) is 5. The average Bonchev–Trinajstić information content (AvgIpc) is 3.33. The highest BCUT2D eigenvalue weighted by Crippen LogP contribution is 2.31. The number of nitrogens with one attached hydrogen (secondary N) is 3. The molecular formula is C17H11Cl2N3O3S2. The monoisotopic (exact) mass is 439 g/mol. The Morgan fingerprint density at radius 3 is 2.59 bits per heavy atom. The number of rotatable bonds is 3. The van der Waals surface area contributed by atoms with Gasteiger partial charge in [-0.25, -0.2) is 0 Å². The molecule has 27 heavy (non-hydrogen) atoms. The van der Waals surface area contributed by atoms with Crippen LogP contribution in [0.5, 0.6) is 0 Å². The molecule has 0 unspecified atom stereocenters. The zero-order valence-corrected chi connectivity index (χ0v) is 16.6. The number of thiophene rings is 1. The van der Waals surface area contributed by atoms with Crippen molar-refractivity contribution in [3.05, 3.63) is 68.5 Å². The van der Waals surface area contributed by atoms with Gasteiger partial charge in [0.2, 0.25) is 0 Å². The number of hydrogen-bond donors (Lipinski definition) is 3. The number of benzene rings is 1. The summed E-state index contributed by atoms with van der Waals surface area (Å²) in [6.07, 6.45) is 0. The molecule has 2 aromatic heterocycles. The molecule has 0 atom stereocenters. The Bertz CT molecular complexity index is 1000. The highest BCUT2D eigenvalue weighted by atomic mass is 35.5. The fourth-order valence-corrected chi connectivity index (χ4v) is 3.22. The molecule has 138 valence electrons. The van der Waals surface area contributed by atoms with E-state index in [-0.39, 0.29) is 16.8 Å². The SMILES string of the molecule is O=C(NC(=S)NNC(=O)c1cccs1)c1ccc(-c2cc(Cl)ccc2Cl)o1. The first-order valence-electron chi connectivity index (χ1n) is 7.44. The van der Waals surface area contributed by atoms with Crippen molar-refractivity contribution in [1.29, 1.82) is 0 Å². The van der Waals surface area contributed by atoms with Crippen LogP contribution in [0, 0.1) is 0 Å². The van der Waals surface area contributed by atoms with E-state index in [1.807, 2.05) is 0 Å². The highest BCUT2D eigenvalue weighted by molar-refractivity contribution is 7.80. The Morgan fingerprint density at radius 2 is 1.85 bits per heavy atom. The summed E-state index contributed by atoms with van der Waals surface area (Å²) in [7, 11) is 0. The average molecular weight is 440 g/mol. The third kappa shape index (κ3) is 4.86. The molecule has 0 saturated heterocycles. The van der Waals surface area contributed by atoms with Gasteiger partial charge in [0.15, 0.2) is 10.9 Å². The van der Waals surface area contributed by atoms with Gasteiger partial charge in [-0.3, -0.25) is 25.8 Å². The van der Waals surface area contributed by atoms with Crippen LogP contribution in [0.2, 0.25) is 10.0 Å². The van der Waals surface area contributed by atoms with Crippen molar-refractivity contribution in [1.82, 2.24) is 16.2 Å². The largest absolute Gasteiger partial charge is 0.451 e. The summed E-state index contributed by atoms with van der Waals surface area (Å²) >= 11 is 18.4. The topological polar surface area (TPSA) is 83.4 Å². The number of amides is 2. The lowest BCUT2D eigenvalue weighted by Gasteiger charge is -2.09. The summed E-state index contributed by atoms with van der Waals surface area (Å²) in [6.45, 7) is 0. The molecule has 10 heteroatoms. The number of carbonyl (C=O) groups is 2. The Morgan fingerprint density at radius 1 is 1.04 bits per heavy atom. The van der Waals surface area contributed by atoms with Crippen molar-refractivity contribution in [3.63, 3.8) is 0 Å². The van der Waals surface area contributed by atoms with Crippen LogP contribution in [0.3, 0.4) is 0 Å². The molecule has 0 aliphatic carbocycles. The number of hydrazine groups is 1. The molecule has 0 fully saturated rings. The second-order valence-corrected chi connectivity index (χ2v) is 7.33. The van der Waals surface area contributed by atoms with Crippen molar-refractivity contribution >= 4 is 63.7 Å². The van der Waals surface area contributed by atoms with E-state index in [0.29, 0.717) is 26.2 Å². The van der Waals surface area contributed by atoms with Gasteiger partial charge in [0.1, 0.15) is 5.76 Å². The van der Waals surface area contributed by atoms with Gasteiger partial charge in [-0.05, 0) is 54.0 Å². The maximum Gasteiger partial charge on any atom is 0.293 e. The highest BCUT2D eigenvalue weighted by Gasteiger charge is 2.16. The molecule has 3 N–H and O–H groups in total. The molecule has 0 aliphatic heterocycles. The molecule has 0 saturated carbocycles. The van der Waals surface area contributed by atoms with E-state index >= 15 is 0 Å². The molecule has 0 bridgehead atoms. The zero-order chi connectivity index (χ0) is 19.4. The normalized spacial score (nSPS) is 10.3. The van der Waals surface area contributed by atoms with E-state index in [9.17, 15) is 9.59 Å². The third-order valence-corrected chi connectivity index (χ3v) is 4.92. The maximum absolute atomic E-state index is 12.2. The summed E-state index contributed by atoms with van der Waals surface area (Å²) in [6, 6.07) is 11.4. The maximum atomic E-state index is 12.2. The standard InChI is InChI=1S/C17H11Cl2N3O3S2/c18-9-3-4-11(19)10(8-9)12-5-6-13(25-12)15(23)20-17(26)22-21-16(24)14-2-1-7-27-14/h1-8H,(H,21,24)(H2,20,22,23,26). The van der Waals surface area contributed by atoms with Crippen LogP contribution in [0.1, 0.15) is 20.2 Å². The van der Waals surface area contributed by atoms with Crippen molar-refractivity contribution < 1.29 is 14.0 Å².